The molecule has 1 aliphatic rings. The van der Waals surface area contributed by atoms with Gasteiger partial charge in [0.2, 0.25) is 0 Å². The molecule has 0 N–H and O–H groups in total. The van der Waals surface area contributed by atoms with Crippen molar-refractivity contribution in [2.24, 2.45) is 0 Å². The Morgan fingerprint density at radius 1 is 0.258 bits per heavy atom. The van der Waals surface area contributed by atoms with Crippen molar-refractivity contribution in [1.29, 1.82) is 0 Å². The molecule has 4 nitrogen and oxygen atoms in total. The fourth-order valence-corrected chi connectivity index (χ4v) is 15.6. The summed E-state index contributed by atoms with van der Waals surface area (Å²) in [5.41, 5.74) is 31.6. The van der Waals surface area contributed by atoms with Gasteiger partial charge >= 0.3 is 0 Å². The van der Waals surface area contributed by atoms with Crippen LogP contribution in [0.5, 0.6) is 0 Å². The zero-order valence-corrected chi connectivity index (χ0v) is 51.9. The van der Waals surface area contributed by atoms with Gasteiger partial charge in [-0.25, -0.2) is 4.98 Å². The minimum absolute atomic E-state index is 0.190. The number of fused-ring (bicyclic) bond motifs is 10. The van der Waals surface area contributed by atoms with Crippen molar-refractivity contribution < 1.29 is 0 Å². The molecule has 0 radical (unpaired) electrons. The lowest BCUT2D eigenvalue weighted by Crippen LogP contribution is -2.14. The number of nitrogens with zero attached hydrogens (tertiary/aromatic N) is 4. The smallest absolute Gasteiger partial charge is 0.145 e. The molecule has 0 atom stereocenters. The third-order valence-corrected chi connectivity index (χ3v) is 19.8. The van der Waals surface area contributed by atoms with E-state index in [4.69, 9.17) is 4.98 Å². The molecule has 0 amide bonds. The van der Waals surface area contributed by atoms with E-state index in [2.05, 4.69) is 356 Å². The molecule has 0 bridgehead atoms. The van der Waals surface area contributed by atoms with Gasteiger partial charge in [-0.15, -0.1) is 0 Å². The highest BCUT2D eigenvalue weighted by Crippen LogP contribution is 2.55. The van der Waals surface area contributed by atoms with Crippen LogP contribution in [0.15, 0.2) is 322 Å². The van der Waals surface area contributed by atoms with Gasteiger partial charge in [-0.1, -0.05) is 244 Å². The first-order valence-electron chi connectivity index (χ1n) is 32.3. The average Bonchev–Trinajstić information content (AvgIpc) is 1.67. The molecule has 3 heterocycles. The normalized spacial score (nSPS) is 12.5. The van der Waals surface area contributed by atoms with E-state index in [1.807, 2.05) is 0 Å². The molecule has 0 fully saturated rings. The lowest BCUT2D eigenvalue weighted by molar-refractivity contribution is 0.661. The summed E-state index contributed by atoms with van der Waals surface area (Å²) in [4.78, 5) is 5.32. The fraction of sp³-hybridized carbons (Fsp3) is 0.0449. The predicted octanol–water partition coefficient (Wildman–Crippen LogP) is 23.5. The number of hydrogen-bond donors (Lipinski definition) is 0. The number of hydrogen-bond acceptors (Lipinski definition) is 1. The Bertz CT molecular complexity index is 5780. The maximum Gasteiger partial charge on any atom is 0.145 e. The Labute approximate surface area is 540 Å². The fourth-order valence-electron chi connectivity index (χ4n) is 15.6. The first-order chi connectivity index (χ1) is 45.8. The highest BCUT2D eigenvalue weighted by Gasteiger charge is 2.36. The van der Waals surface area contributed by atoms with E-state index in [1.54, 1.807) is 0 Å². The van der Waals surface area contributed by atoms with Crippen LogP contribution in [-0.4, -0.2) is 18.7 Å². The van der Waals surface area contributed by atoms with Crippen molar-refractivity contribution >= 4 is 54.6 Å². The minimum Gasteiger partial charge on any atom is -0.309 e. The van der Waals surface area contributed by atoms with Crippen LogP contribution in [0.4, 0.5) is 0 Å². The molecule has 438 valence electrons. The topological polar surface area (TPSA) is 27.7 Å². The standard InChI is InChI=1S/C89H62N4/c1-57-83(58-25-9-4-10-26-58)85(60-29-13-6-14-30-60)87(61-41-43-63(44-42-61)88-90-77-38-22-24-40-81(77)93(88)67-33-17-8-18-34-67)86(84(57)59-27-11-5-12-28-59)62-45-49-68(50-46-62)92-80-52-48-65(54-73(80)74-55-71-69-35-19-21-37-75(69)89(2,3)76(71)56-82(74)92)64-47-51-79-72(53-64)70-36-20-23-39-78(70)91(79)66-31-15-7-16-32-66/h4-56H,1-3H3. The van der Waals surface area contributed by atoms with Gasteiger partial charge in [0.05, 0.1) is 33.1 Å². The molecule has 0 saturated heterocycles. The molecular formula is C89H62N4. The molecule has 0 aliphatic heterocycles. The summed E-state index contributed by atoms with van der Waals surface area (Å²) < 4.78 is 7.20. The third kappa shape index (κ3) is 8.56. The third-order valence-electron chi connectivity index (χ3n) is 19.8. The van der Waals surface area contributed by atoms with Gasteiger partial charge in [0, 0.05) is 49.6 Å². The molecule has 0 spiro atoms. The molecular weight excluding hydrogens is 1130 g/mol. The van der Waals surface area contributed by atoms with Crippen molar-refractivity contribution in [2.75, 3.05) is 0 Å². The number of para-hydroxylation sites is 5. The van der Waals surface area contributed by atoms with Gasteiger partial charge in [0.25, 0.3) is 0 Å². The van der Waals surface area contributed by atoms with Crippen LogP contribution in [-0.2, 0) is 5.41 Å². The van der Waals surface area contributed by atoms with E-state index >= 15 is 0 Å². The monoisotopic (exact) mass is 1190 g/mol. The summed E-state index contributed by atoms with van der Waals surface area (Å²) in [6.45, 7) is 7.11. The first-order valence-corrected chi connectivity index (χ1v) is 32.3. The van der Waals surface area contributed by atoms with E-state index in [1.165, 1.54) is 116 Å². The largest absolute Gasteiger partial charge is 0.309 e. The van der Waals surface area contributed by atoms with Crippen molar-refractivity contribution in [3.05, 3.63) is 338 Å². The summed E-state index contributed by atoms with van der Waals surface area (Å²) in [6.07, 6.45) is 0. The van der Waals surface area contributed by atoms with E-state index < -0.39 is 0 Å². The molecule has 17 aromatic rings. The molecule has 0 unspecified atom stereocenters. The number of imidazole rings is 1. The van der Waals surface area contributed by atoms with Crippen molar-refractivity contribution in [2.45, 2.75) is 26.2 Å². The minimum atomic E-state index is -0.190. The van der Waals surface area contributed by atoms with E-state index in [0.717, 1.165) is 61.7 Å². The predicted molar refractivity (Wildman–Crippen MR) is 390 cm³/mol. The SMILES string of the molecule is Cc1c(-c2ccccc2)c(-c2ccccc2)c(-c2ccc(-c3nc4ccccc4n3-c3ccccc3)cc2)c(-c2ccc(-n3c4ccc(-c5ccc6c(c5)c5ccccc5n6-c5ccccc5)cc4c4cc5c(cc43)C(C)(C)c3ccccc3-5)cc2)c1-c1ccccc1. The van der Waals surface area contributed by atoms with Gasteiger partial charge in [0.1, 0.15) is 5.82 Å². The number of benzene rings is 14. The van der Waals surface area contributed by atoms with Crippen LogP contribution in [0.3, 0.4) is 0 Å². The second-order valence-corrected chi connectivity index (χ2v) is 25.4. The molecule has 18 rings (SSSR count). The lowest BCUT2D eigenvalue weighted by atomic mass is 9.76. The number of aromatic nitrogens is 4. The second kappa shape index (κ2) is 21.4. The van der Waals surface area contributed by atoms with Crippen molar-refractivity contribution in [3.63, 3.8) is 0 Å². The maximum atomic E-state index is 5.32. The lowest BCUT2D eigenvalue weighted by Gasteiger charge is -2.27. The van der Waals surface area contributed by atoms with Gasteiger partial charge in [-0.05, 0) is 192 Å². The van der Waals surface area contributed by atoms with Gasteiger partial charge < -0.3 is 9.13 Å². The highest BCUT2D eigenvalue weighted by molar-refractivity contribution is 6.15. The Kier molecular flexibility index (Phi) is 12.5. The summed E-state index contributed by atoms with van der Waals surface area (Å²) in [5, 5.41) is 4.94. The number of rotatable bonds is 10. The van der Waals surface area contributed by atoms with Crippen LogP contribution < -0.4 is 0 Å². The van der Waals surface area contributed by atoms with Crippen LogP contribution >= 0.6 is 0 Å². The molecule has 3 aromatic heterocycles. The van der Waals surface area contributed by atoms with Crippen LogP contribution in [0.25, 0.3) is 161 Å². The van der Waals surface area contributed by atoms with Crippen LogP contribution in [0.2, 0.25) is 0 Å². The maximum absolute atomic E-state index is 5.32. The molecule has 93 heavy (non-hydrogen) atoms. The van der Waals surface area contributed by atoms with E-state index in [-0.39, 0.29) is 5.41 Å². The molecule has 4 heteroatoms. The average molecular weight is 1190 g/mol. The van der Waals surface area contributed by atoms with Crippen molar-refractivity contribution in [1.82, 2.24) is 18.7 Å². The van der Waals surface area contributed by atoms with Crippen LogP contribution in [0, 0.1) is 6.92 Å². The second-order valence-electron chi connectivity index (χ2n) is 25.4. The van der Waals surface area contributed by atoms with Gasteiger partial charge in [0.15, 0.2) is 0 Å². The highest BCUT2D eigenvalue weighted by atomic mass is 15.1. The summed E-state index contributed by atoms with van der Waals surface area (Å²) in [5.74, 6) is 0.899. The molecule has 1 aliphatic carbocycles. The summed E-state index contributed by atoms with van der Waals surface area (Å²) in [7, 11) is 0. The van der Waals surface area contributed by atoms with Gasteiger partial charge in [-0.2, -0.15) is 0 Å². The Morgan fingerprint density at radius 2 is 0.656 bits per heavy atom. The van der Waals surface area contributed by atoms with Gasteiger partial charge in [-0.3, -0.25) is 4.57 Å². The Morgan fingerprint density at radius 3 is 1.26 bits per heavy atom. The Hall–Kier alpha value is -11.9. The van der Waals surface area contributed by atoms with Crippen molar-refractivity contribution in [3.8, 4) is 106 Å². The molecule has 14 aromatic carbocycles. The quantitative estimate of drug-likeness (QED) is 0.134. The zero-order valence-electron chi connectivity index (χ0n) is 51.9. The van der Waals surface area contributed by atoms with E-state index in [9.17, 15) is 0 Å². The first kappa shape index (κ1) is 54.1. The van der Waals surface area contributed by atoms with E-state index in [0.29, 0.717) is 0 Å². The summed E-state index contributed by atoms with van der Waals surface area (Å²) >= 11 is 0. The molecule has 0 saturated carbocycles. The zero-order chi connectivity index (χ0) is 61.9. The summed E-state index contributed by atoms with van der Waals surface area (Å²) in [6, 6.07) is 119. The Balaban J connectivity index is 0.858. The van der Waals surface area contributed by atoms with Crippen LogP contribution in [0.1, 0.15) is 30.5 Å².